The Morgan fingerprint density at radius 2 is 1.81 bits per heavy atom. The van der Waals surface area contributed by atoms with Crippen LogP contribution in [0.4, 0.5) is 0 Å². The maximum absolute atomic E-state index is 11.1. The summed E-state index contributed by atoms with van der Waals surface area (Å²) < 4.78 is 5.17. The van der Waals surface area contributed by atoms with Crippen LogP contribution < -0.4 is 5.32 Å². The molecule has 0 fully saturated rings. The predicted molar refractivity (Wildman–Crippen MR) is 111 cm³/mol. The lowest BCUT2D eigenvalue weighted by molar-refractivity contribution is -0.141. The average molecular weight is 380 g/mol. The van der Waals surface area contributed by atoms with Gasteiger partial charge in [0.05, 0.1) is 6.61 Å². The first-order valence-electron chi connectivity index (χ1n) is 9.68. The first-order valence-corrected chi connectivity index (χ1v) is 10.5. The highest BCUT2D eigenvalue weighted by Crippen LogP contribution is 2.48. The van der Waals surface area contributed by atoms with Crippen molar-refractivity contribution in [2.75, 3.05) is 19.7 Å². The molecule has 0 saturated carbocycles. The van der Waals surface area contributed by atoms with E-state index < -0.39 is 0 Å². The molecule has 4 rings (SSSR count). The van der Waals surface area contributed by atoms with Crippen molar-refractivity contribution >= 4 is 28.9 Å². The van der Waals surface area contributed by atoms with Crippen molar-refractivity contribution in [3.63, 3.8) is 0 Å². The molecule has 1 unspecified atom stereocenters. The maximum Gasteiger partial charge on any atom is 0.302 e. The quantitative estimate of drug-likeness (QED) is 0.598. The van der Waals surface area contributed by atoms with Crippen molar-refractivity contribution in [2.45, 2.75) is 36.0 Å². The number of carbonyl (C=O) groups is 1. The monoisotopic (exact) mass is 379 g/mol. The van der Waals surface area contributed by atoms with E-state index in [1.807, 2.05) is 11.8 Å². The third kappa shape index (κ3) is 3.97. The van der Waals surface area contributed by atoms with E-state index in [2.05, 4.69) is 53.8 Å². The highest BCUT2D eigenvalue weighted by Gasteiger charge is 2.28. The number of hydrogen-bond acceptors (Lipinski definition) is 4. The molecule has 2 heterocycles. The van der Waals surface area contributed by atoms with Crippen molar-refractivity contribution in [3.8, 4) is 0 Å². The summed E-state index contributed by atoms with van der Waals surface area (Å²) in [6.45, 7) is 3.95. The van der Waals surface area contributed by atoms with Crippen LogP contribution in [0, 0.1) is 5.92 Å². The summed E-state index contributed by atoms with van der Waals surface area (Å²) in [7, 11) is 0. The van der Waals surface area contributed by atoms with Gasteiger partial charge in [0.1, 0.15) is 0 Å². The topological polar surface area (TPSA) is 38.3 Å². The van der Waals surface area contributed by atoms with Crippen LogP contribution in [0.25, 0.3) is 11.1 Å². The summed E-state index contributed by atoms with van der Waals surface area (Å²) >= 11 is 1.88. The molecule has 0 bridgehead atoms. The minimum atomic E-state index is -0.195. The molecule has 0 saturated heterocycles. The minimum Gasteiger partial charge on any atom is -0.466 e. The van der Waals surface area contributed by atoms with Gasteiger partial charge >= 0.3 is 5.97 Å². The zero-order valence-corrected chi connectivity index (χ0v) is 16.5. The van der Waals surface area contributed by atoms with E-state index in [9.17, 15) is 4.79 Å². The lowest BCUT2D eigenvalue weighted by Crippen LogP contribution is -2.22. The van der Waals surface area contributed by atoms with Gasteiger partial charge in [0.15, 0.2) is 0 Å². The van der Waals surface area contributed by atoms with Gasteiger partial charge in [-0.2, -0.15) is 0 Å². The summed E-state index contributed by atoms with van der Waals surface area (Å²) in [5, 5.41) is 3.63. The Kier molecular flexibility index (Phi) is 5.65. The van der Waals surface area contributed by atoms with Crippen LogP contribution in [0.3, 0.4) is 0 Å². The molecular weight excluding hydrogens is 354 g/mol. The first-order chi connectivity index (χ1) is 13.2. The van der Waals surface area contributed by atoms with Crippen molar-refractivity contribution < 1.29 is 9.53 Å². The second-order valence-corrected chi connectivity index (χ2v) is 8.20. The molecule has 4 heteroatoms. The maximum atomic E-state index is 11.1. The largest absolute Gasteiger partial charge is 0.466 e. The molecule has 2 aromatic rings. The molecule has 2 aromatic carbocycles. The fourth-order valence-corrected chi connectivity index (χ4v) is 5.25. The molecular formula is C23H25NO2S. The van der Waals surface area contributed by atoms with E-state index in [4.69, 9.17) is 4.74 Å². The van der Waals surface area contributed by atoms with Crippen LogP contribution >= 0.6 is 11.8 Å². The predicted octanol–water partition coefficient (Wildman–Crippen LogP) is 5.01. The van der Waals surface area contributed by atoms with Crippen molar-refractivity contribution in [1.29, 1.82) is 0 Å². The summed E-state index contributed by atoms with van der Waals surface area (Å²) in [6.07, 6.45) is 2.95. The Bertz CT molecular complexity index is 874. The molecule has 1 N–H and O–H groups in total. The van der Waals surface area contributed by atoms with Crippen molar-refractivity contribution in [3.05, 3.63) is 59.7 Å². The number of carbonyl (C=O) groups excluding carboxylic acids is 1. The Morgan fingerprint density at radius 3 is 2.59 bits per heavy atom. The van der Waals surface area contributed by atoms with E-state index in [0.29, 0.717) is 12.5 Å². The zero-order chi connectivity index (χ0) is 18.6. The van der Waals surface area contributed by atoms with Gasteiger partial charge in [-0.15, -0.1) is 0 Å². The van der Waals surface area contributed by atoms with E-state index in [-0.39, 0.29) is 5.97 Å². The van der Waals surface area contributed by atoms with Crippen LogP contribution in [-0.2, 0) is 9.53 Å². The second kappa shape index (κ2) is 8.32. The van der Waals surface area contributed by atoms with Crippen LogP contribution in [0.1, 0.15) is 37.3 Å². The van der Waals surface area contributed by atoms with Gasteiger partial charge in [-0.05, 0) is 66.1 Å². The highest BCUT2D eigenvalue weighted by molar-refractivity contribution is 7.99. The number of fused-ring (bicyclic) bond motifs is 4. The molecule has 0 aromatic heterocycles. The van der Waals surface area contributed by atoms with Crippen LogP contribution in [0.15, 0.2) is 58.3 Å². The molecule has 0 radical (unpaired) electrons. The summed E-state index contributed by atoms with van der Waals surface area (Å²) in [6, 6.07) is 17.6. The standard InChI is InChI=1S/C23H25NO2S/c1-16(25)26-14-6-7-17-15-24-13-12-19-18-8-2-4-10-21(18)27-22-11-5-3-9-20(22)23(17)19/h2-5,8-11,17,24H,6-7,12-15H2,1H3. The third-order valence-electron chi connectivity index (χ3n) is 5.29. The number of hydrogen-bond donors (Lipinski definition) is 1. The fourth-order valence-electron chi connectivity index (χ4n) is 4.13. The third-order valence-corrected chi connectivity index (χ3v) is 6.44. The SMILES string of the molecule is CC(=O)OCCCC1CNCCC2=C1c1ccccc1Sc1ccccc12. The van der Waals surface area contributed by atoms with Gasteiger partial charge in [0, 0.05) is 23.3 Å². The number of benzene rings is 2. The summed E-state index contributed by atoms with van der Waals surface area (Å²) in [5.41, 5.74) is 5.71. The molecule has 1 atom stereocenters. The van der Waals surface area contributed by atoms with Gasteiger partial charge in [-0.1, -0.05) is 48.2 Å². The van der Waals surface area contributed by atoms with Gasteiger partial charge in [-0.25, -0.2) is 0 Å². The van der Waals surface area contributed by atoms with Gasteiger partial charge in [0.2, 0.25) is 0 Å². The number of ether oxygens (including phenoxy) is 1. The van der Waals surface area contributed by atoms with Crippen LogP contribution in [-0.4, -0.2) is 25.7 Å². The van der Waals surface area contributed by atoms with Crippen LogP contribution in [0.2, 0.25) is 0 Å². The Balaban J connectivity index is 1.76. The lowest BCUT2D eigenvalue weighted by Gasteiger charge is -2.22. The van der Waals surface area contributed by atoms with E-state index in [0.717, 1.165) is 32.4 Å². The minimum absolute atomic E-state index is 0.195. The smallest absolute Gasteiger partial charge is 0.302 e. The summed E-state index contributed by atoms with van der Waals surface area (Å²) in [4.78, 5) is 13.8. The molecule has 2 aliphatic heterocycles. The Hall–Kier alpha value is -2.04. The molecule has 3 nitrogen and oxygen atoms in total. The molecule has 2 aliphatic rings. The molecule has 0 spiro atoms. The number of esters is 1. The Morgan fingerprint density at radius 1 is 1.11 bits per heavy atom. The highest BCUT2D eigenvalue weighted by atomic mass is 32.2. The first kappa shape index (κ1) is 18.3. The number of rotatable bonds is 4. The van der Waals surface area contributed by atoms with E-state index in [1.54, 1.807) is 0 Å². The Labute approximate surface area is 165 Å². The molecule has 0 aliphatic carbocycles. The second-order valence-electron chi connectivity index (χ2n) is 7.12. The average Bonchev–Trinajstić information content (AvgIpc) is 2.95. The zero-order valence-electron chi connectivity index (χ0n) is 15.7. The fraction of sp³-hybridized carbons (Fsp3) is 0.348. The van der Waals surface area contributed by atoms with Gasteiger partial charge in [0.25, 0.3) is 0 Å². The van der Waals surface area contributed by atoms with Crippen molar-refractivity contribution in [2.24, 2.45) is 5.92 Å². The van der Waals surface area contributed by atoms with Crippen molar-refractivity contribution in [1.82, 2.24) is 5.32 Å². The normalized spacial score (nSPS) is 18.6. The summed E-state index contributed by atoms with van der Waals surface area (Å²) in [5.74, 6) is 0.227. The molecule has 140 valence electrons. The van der Waals surface area contributed by atoms with Gasteiger partial charge in [-0.3, -0.25) is 4.79 Å². The van der Waals surface area contributed by atoms with E-state index >= 15 is 0 Å². The molecule has 27 heavy (non-hydrogen) atoms. The lowest BCUT2D eigenvalue weighted by atomic mass is 9.83. The van der Waals surface area contributed by atoms with Crippen LogP contribution in [0.5, 0.6) is 0 Å². The molecule has 0 amide bonds. The van der Waals surface area contributed by atoms with E-state index in [1.165, 1.54) is 39.0 Å². The number of nitrogens with one attached hydrogen (secondary N) is 1. The van der Waals surface area contributed by atoms with Gasteiger partial charge < -0.3 is 10.1 Å².